The molecular formula is C13H13N3S. The number of hydrogen-bond acceptors (Lipinski definition) is 3. The van der Waals surface area contributed by atoms with Gasteiger partial charge in [-0.1, -0.05) is 24.4 Å². The van der Waals surface area contributed by atoms with E-state index in [4.69, 9.17) is 18.0 Å². The average molecular weight is 243 g/mol. The van der Waals surface area contributed by atoms with Crippen LogP contribution >= 0.6 is 12.2 Å². The number of anilines is 2. The lowest BCUT2D eigenvalue weighted by atomic mass is 10.2. The Morgan fingerprint density at radius 1 is 1.18 bits per heavy atom. The molecule has 0 radical (unpaired) electrons. The van der Waals surface area contributed by atoms with E-state index in [1.165, 1.54) is 0 Å². The molecule has 0 spiro atoms. The Bertz CT molecular complexity index is 525. The molecule has 17 heavy (non-hydrogen) atoms. The molecule has 1 heterocycles. The first-order valence-corrected chi connectivity index (χ1v) is 5.63. The van der Waals surface area contributed by atoms with Gasteiger partial charge in [0, 0.05) is 36.4 Å². The van der Waals surface area contributed by atoms with Crippen LogP contribution in [0.4, 0.5) is 11.4 Å². The highest BCUT2D eigenvalue weighted by molar-refractivity contribution is 7.80. The van der Waals surface area contributed by atoms with Crippen molar-refractivity contribution in [2.45, 2.75) is 0 Å². The summed E-state index contributed by atoms with van der Waals surface area (Å²) in [6.07, 6.45) is 3.53. The number of rotatable bonds is 3. The van der Waals surface area contributed by atoms with E-state index in [0.29, 0.717) is 4.99 Å². The van der Waals surface area contributed by atoms with Gasteiger partial charge in [0.1, 0.15) is 4.99 Å². The van der Waals surface area contributed by atoms with Gasteiger partial charge in [-0.3, -0.25) is 4.98 Å². The summed E-state index contributed by atoms with van der Waals surface area (Å²) >= 11 is 4.97. The summed E-state index contributed by atoms with van der Waals surface area (Å²) in [5.74, 6) is 0. The van der Waals surface area contributed by atoms with Crippen molar-refractivity contribution in [2.24, 2.45) is 5.73 Å². The largest absolute Gasteiger partial charge is 0.389 e. The number of thiocarbonyl (C=S) groups is 1. The minimum absolute atomic E-state index is 0.412. The maximum absolute atomic E-state index is 5.62. The first-order chi connectivity index (χ1) is 8.18. The minimum Gasteiger partial charge on any atom is -0.389 e. The van der Waals surface area contributed by atoms with Gasteiger partial charge < -0.3 is 10.6 Å². The van der Waals surface area contributed by atoms with Crippen molar-refractivity contribution >= 4 is 28.6 Å². The topological polar surface area (TPSA) is 42.2 Å². The molecular weight excluding hydrogens is 230 g/mol. The molecule has 1 aromatic carbocycles. The summed E-state index contributed by atoms with van der Waals surface area (Å²) in [5, 5.41) is 0. The molecule has 0 fully saturated rings. The number of pyridine rings is 1. The summed E-state index contributed by atoms with van der Waals surface area (Å²) in [7, 11) is 1.99. The van der Waals surface area contributed by atoms with Crippen molar-refractivity contribution in [3.63, 3.8) is 0 Å². The van der Waals surface area contributed by atoms with E-state index in [1.807, 2.05) is 43.4 Å². The van der Waals surface area contributed by atoms with E-state index in [0.717, 1.165) is 16.9 Å². The lowest BCUT2D eigenvalue weighted by Gasteiger charge is -2.19. The van der Waals surface area contributed by atoms with Crippen LogP contribution in [-0.4, -0.2) is 17.0 Å². The van der Waals surface area contributed by atoms with Gasteiger partial charge in [-0.2, -0.15) is 0 Å². The molecule has 0 aliphatic carbocycles. The number of nitrogens with two attached hydrogens (primary N) is 1. The number of hydrogen-bond donors (Lipinski definition) is 1. The molecule has 2 rings (SSSR count). The van der Waals surface area contributed by atoms with Crippen molar-refractivity contribution < 1.29 is 0 Å². The summed E-state index contributed by atoms with van der Waals surface area (Å²) in [4.78, 5) is 6.47. The fourth-order valence-corrected chi connectivity index (χ4v) is 1.71. The third-order valence-electron chi connectivity index (χ3n) is 2.57. The predicted octanol–water partition coefficient (Wildman–Crippen LogP) is 2.48. The standard InChI is InChI=1S/C13H13N3S/c1-16(11-5-7-15-8-6-11)12-4-2-3-10(9-12)13(14)17/h2-9H,1H3,(H2,14,17). The van der Waals surface area contributed by atoms with Crippen LogP contribution in [0.1, 0.15) is 5.56 Å². The van der Waals surface area contributed by atoms with Crippen LogP contribution < -0.4 is 10.6 Å². The lowest BCUT2D eigenvalue weighted by molar-refractivity contribution is 1.19. The number of aromatic nitrogens is 1. The summed E-state index contributed by atoms with van der Waals surface area (Å²) in [5.41, 5.74) is 8.61. The predicted molar refractivity (Wildman–Crippen MR) is 74.6 cm³/mol. The van der Waals surface area contributed by atoms with Crippen molar-refractivity contribution in [2.75, 3.05) is 11.9 Å². The quantitative estimate of drug-likeness (QED) is 0.841. The van der Waals surface area contributed by atoms with Crippen molar-refractivity contribution in [3.05, 3.63) is 54.4 Å². The summed E-state index contributed by atoms with van der Waals surface area (Å²) in [6, 6.07) is 11.7. The van der Waals surface area contributed by atoms with Crippen LogP contribution in [0, 0.1) is 0 Å². The molecule has 0 aliphatic heterocycles. The molecule has 0 bridgehead atoms. The van der Waals surface area contributed by atoms with Gasteiger partial charge in [-0.25, -0.2) is 0 Å². The first-order valence-electron chi connectivity index (χ1n) is 5.22. The Morgan fingerprint density at radius 2 is 1.88 bits per heavy atom. The maximum atomic E-state index is 5.62. The average Bonchev–Trinajstić information content (AvgIpc) is 2.39. The first kappa shape index (κ1) is 11.5. The summed E-state index contributed by atoms with van der Waals surface area (Å²) in [6.45, 7) is 0. The van der Waals surface area contributed by atoms with Crippen LogP contribution in [0.15, 0.2) is 48.8 Å². The zero-order chi connectivity index (χ0) is 12.3. The maximum Gasteiger partial charge on any atom is 0.104 e. The van der Waals surface area contributed by atoms with Gasteiger partial charge >= 0.3 is 0 Å². The molecule has 0 unspecified atom stereocenters. The highest BCUT2D eigenvalue weighted by atomic mass is 32.1. The van der Waals surface area contributed by atoms with Crippen molar-refractivity contribution in [1.82, 2.24) is 4.98 Å². The highest BCUT2D eigenvalue weighted by Gasteiger charge is 2.04. The Hall–Kier alpha value is -1.94. The molecule has 0 saturated carbocycles. The smallest absolute Gasteiger partial charge is 0.104 e. The molecule has 0 aliphatic rings. The van der Waals surface area contributed by atoms with E-state index < -0.39 is 0 Å². The van der Waals surface area contributed by atoms with E-state index in [9.17, 15) is 0 Å². The molecule has 2 aromatic rings. The Balaban J connectivity index is 2.34. The molecule has 2 N–H and O–H groups in total. The Kier molecular flexibility index (Phi) is 3.35. The lowest BCUT2D eigenvalue weighted by Crippen LogP contribution is -2.13. The Labute approximate surface area is 106 Å². The molecule has 0 saturated heterocycles. The van der Waals surface area contributed by atoms with Gasteiger partial charge in [0.25, 0.3) is 0 Å². The van der Waals surface area contributed by atoms with Crippen LogP contribution in [0.5, 0.6) is 0 Å². The zero-order valence-corrected chi connectivity index (χ0v) is 10.3. The second-order valence-electron chi connectivity index (χ2n) is 3.68. The number of benzene rings is 1. The minimum atomic E-state index is 0.412. The van der Waals surface area contributed by atoms with E-state index in [2.05, 4.69) is 9.88 Å². The SMILES string of the molecule is CN(c1ccncc1)c1cccc(C(N)=S)c1. The highest BCUT2D eigenvalue weighted by Crippen LogP contribution is 2.23. The van der Waals surface area contributed by atoms with Gasteiger partial charge in [-0.15, -0.1) is 0 Å². The van der Waals surface area contributed by atoms with Gasteiger partial charge in [-0.05, 0) is 24.3 Å². The van der Waals surface area contributed by atoms with Gasteiger partial charge in [0.15, 0.2) is 0 Å². The monoisotopic (exact) mass is 243 g/mol. The van der Waals surface area contributed by atoms with Crippen LogP contribution in [0.3, 0.4) is 0 Å². The fourth-order valence-electron chi connectivity index (χ4n) is 1.58. The molecule has 1 aromatic heterocycles. The molecule has 3 nitrogen and oxygen atoms in total. The van der Waals surface area contributed by atoms with Crippen LogP contribution in [0.25, 0.3) is 0 Å². The Morgan fingerprint density at radius 3 is 2.53 bits per heavy atom. The normalized spacial score (nSPS) is 9.94. The second kappa shape index (κ2) is 4.93. The molecule has 4 heteroatoms. The van der Waals surface area contributed by atoms with E-state index in [1.54, 1.807) is 12.4 Å². The second-order valence-corrected chi connectivity index (χ2v) is 4.12. The third-order valence-corrected chi connectivity index (χ3v) is 2.80. The van der Waals surface area contributed by atoms with E-state index in [-0.39, 0.29) is 0 Å². The zero-order valence-electron chi connectivity index (χ0n) is 9.50. The molecule has 86 valence electrons. The van der Waals surface area contributed by atoms with Crippen LogP contribution in [0.2, 0.25) is 0 Å². The van der Waals surface area contributed by atoms with Crippen LogP contribution in [-0.2, 0) is 0 Å². The van der Waals surface area contributed by atoms with E-state index >= 15 is 0 Å². The van der Waals surface area contributed by atoms with Gasteiger partial charge in [0.05, 0.1) is 0 Å². The fraction of sp³-hybridized carbons (Fsp3) is 0.0769. The van der Waals surface area contributed by atoms with Crippen molar-refractivity contribution in [1.29, 1.82) is 0 Å². The third kappa shape index (κ3) is 2.60. The summed E-state index contributed by atoms with van der Waals surface area (Å²) < 4.78 is 0. The molecule has 0 atom stereocenters. The van der Waals surface area contributed by atoms with Crippen molar-refractivity contribution in [3.8, 4) is 0 Å². The number of nitrogens with zero attached hydrogens (tertiary/aromatic N) is 2. The van der Waals surface area contributed by atoms with Gasteiger partial charge in [0.2, 0.25) is 0 Å². The molecule has 0 amide bonds.